The molecule has 0 amide bonds. The third-order valence-corrected chi connectivity index (χ3v) is 2.04. The van der Waals surface area contributed by atoms with Crippen LogP contribution in [0.2, 0.25) is 0 Å². The van der Waals surface area contributed by atoms with Crippen LogP contribution in [0.3, 0.4) is 0 Å². The molecule has 0 spiro atoms. The van der Waals surface area contributed by atoms with Crippen molar-refractivity contribution in [3.05, 3.63) is 34.4 Å². The van der Waals surface area contributed by atoms with Crippen LogP contribution in [0.1, 0.15) is 13.8 Å². The van der Waals surface area contributed by atoms with E-state index in [2.05, 4.69) is 26.0 Å². The van der Waals surface area contributed by atoms with E-state index in [0.717, 1.165) is 5.57 Å². The fraction of sp³-hybridized carbons (Fsp3) is 0.333. The van der Waals surface area contributed by atoms with Crippen LogP contribution in [0.4, 0.5) is 0 Å². The molecule has 0 unspecified atom stereocenters. The smallest absolute Gasteiger partial charge is 0.0744 e. The summed E-state index contributed by atoms with van der Waals surface area (Å²) in [5, 5.41) is 0. The topological polar surface area (TPSA) is 0 Å². The SMILES string of the molecule is CC1(C)C=CC(=C(Cl)Cl)C=C1. The largest absolute Gasteiger partial charge is 0.114 e. The van der Waals surface area contributed by atoms with E-state index in [1.54, 1.807) is 0 Å². The van der Waals surface area contributed by atoms with Crippen molar-refractivity contribution in [3.8, 4) is 0 Å². The molecular formula is C9H10Cl2. The quantitative estimate of drug-likeness (QED) is 0.543. The summed E-state index contributed by atoms with van der Waals surface area (Å²) in [5.41, 5.74) is 1.01. The monoisotopic (exact) mass is 188 g/mol. The van der Waals surface area contributed by atoms with Crippen molar-refractivity contribution in [3.63, 3.8) is 0 Å². The van der Waals surface area contributed by atoms with Crippen molar-refractivity contribution in [1.29, 1.82) is 0 Å². The molecule has 1 rings (SSSR count). The number of hydrogen-bond donors (Lipinski definition) is 0. The molecule has 0 saturated carbocycles. The lowest BCUT2D eigenvalue weighted by molar-refractivity contribution is 0.621. The van der Waals surface area contributed by atoms with Gasteiger partial charge in [0.05, 0.1) is 0 Å². The molecular weight excluding hydrogens is 179 g/mol. The number of halogens is 2. The van der Waals surface area contributed by atoms with Gasteiger partial charge in [-0.15, -0.1) is 0 Å². The molecule has 0 nitrogen and oxygen atoms in total. The van der Waals surface area contributed by atoms with Crippen LogP contribution in [0.5, 0.6) is 0 Å². The summed E-state index contributed by atoms with van der Waals surface area (Å²) < 4.78 is 0.327. The zero-order valence-corrected chi connectivity index (χ0v) is 8.08. The average Bonchev–Trinajstić information content (AvgIpc) is 1.86. The molecule has 0 fully saturated rings. The summed E-state index contributed by atoms with van der Waals surface area (Å²) in [7, 11) is 0. The molecule has 0 heterocycles. The Morgan fingerprint density at radius 3 is 2.00 bits per heavy atom. The summed E-state index contributed by atoms with van der Waals surface area (Å²) in [5.74, 6) is 0. The van der Waals surface area contributed by atoms with Gasteiger partial charge in [-0.25, -0.2) is 0 Å². The fourth-order valence-corrected chi connectivity index (χ4v) is 1.10. The third-order valence-electron chi connectivity index (χ3n) is 1.60. The molecule has 0 bridgehead atoms. The van der Waals surface area contributed by atoms with Gasteiger partial charge in [0.2, 0.25) is 0 Å². The van der Waals surface area contributed by atoms with Gasteiger partial charge in [-0.3, -0.25) is 0 Å². The molecule has 1 aliphatic carbocycles. The van der Waals surface area contributed by atoms with Gasteiger partial charge < -0.3 is 0 Å². The van der Waals surface area contributed by atoms with Gasteiger partial charge >= 0.3 is 0 Å². The van der Waals surface area contributed by atoms with Crippen LogP contribution >= 0.6 is 23.2 Å². The maximum Gasteiger partial charge on any atom is 0.114 e. The molecule has 2 heteroatoms. The summed E-state index contributed by atoms with van der Waals surface area (Å²) in [6, 6.07) is 0. The second-order valence-corrected chi connectivity index (χ2v) is 4.15. The van der Waals surface area contributed by atoms with Crippen molar-refractivity contribution >= 4 is 23.2 Å². The van der Waals surface area contributed by atoms with Gasteiger partial charge in [0.25, 0.3) is 0 Å². The second kappa shape index (κ2) is 3.04. The lowest BCUT2D eigenvalue weighted by atomic mass is 9.88. The fourth-order valence-electron chi connectivity index (χ4n) is 0.846. The van der Waals surface area contributed by atoms with Crippen molar-refractivity contribution in [2.75, 3.05) is 0 Å². The average molecular weight is 189 g/mol. The van der Waals surface area contributed by atoms with Crippen molar-refractivity contribution in [2.45, 2.75) is 13.8 Å². The Bertz CT molecular complexity index is 222. The van der Waals surface area contributed by atoms with E-state index in [9.17, 15) is 0 Å². The Balaban J connectivity index is 2.90. The first-order valence-corrected chi connectivity index (χ1v) is 4.21. The maximum atomic E-state index is 5.59. The molecule has 60 valence electrons. The number of rotatable bonds is 0. The minimum atomic E-state index is 0.132. The van der Waals surface area contributed by atoms with E-state index < -0.39 is 0 Å². The maximum absolute atomic E-state index is 5.59. The Morgan fingerprint density at radius 1 is 1.18 bits per heavy atom. The van der Waals surface area contributed by atoms with E-state index in [4.69, 9.17) is 23.2 Å². The lowest BCUT2D eigenvalue weighted by Crippen LogP contribution is -2.05. The van der Waals surface area contributed by atoms with Crippen LogP contribution in [-0.2, 0) is 0 Å². The second-order valence-electron chi connectivity index (χ2n) is 3.20. The van der Waals surface area contributed by atoms with E-state index in [-0.39, 0.29) is 5.41 Å². The first-order chi connectivity index (χ1) is 5.01. The van der Waals surface area contributed by atoms with E-state index >= 15 is 0 Å². The van der Waals surface area contributed by atoms with Gasteiger partial charge in [0.1, 0.15) is 4.49 Å². The molecule has 0 saturated heterocycles. The summed E-state index contributed by atoms with van der Waals surface area (Å²) in [4.78, 5) is 0. The Kier molecular flexibility index (Phi) is 2.46. The Hall–Kier alpha value is -0.200. The highest BCUT2D eigenvalue weighted by molar-refractivity contribution is 6.56. The first kappa shape index (κ1) is 8.89. The molecule has 0 radical (unpaired) electrons. The van der Waals surface area contributed by atoms with Crippen LogP contribution < -0.4 is 0 Å². The van der Waals surface area contributed by atoms with E-state index in [0.29, 0.717) is 4.49 Å². The van der Waals surface area contributed by atoms with Crippen molar-refractivity contribution in [2.24, 2.45) is 5.41 Å². The predicted molar refractivity (Wildman–Crippen MR) is 50.8 cm³/mol. The summed E-state index contributed by atoms with van der Waals surface area (Å²) in [6.07, 6.45) is 8.03. The molecule has 0 aromatic heterocycles. The Morgan fingerprint density at radius 2 is 1.64 bits per heavy atom. The van der Waals surface area contributed by atoms with Crippen molar-refractivity contribution < 1.29 is 0 Å². The molecule has 0 aliphatic heterocycles. The van der Waals surface area contributed by atoms with Crippen molar-refractivity contribution in [1.82, 2.24) is 0 Å². The van der Waals surface area contributed by atoms with Gasteiger partial charge in [0, 0.05) is 11.0 Å². The first-order valence-electron chi connectivity index (χ1n) is 3.45. The molecule has 0 aromatic rings. The number of allylic oxidation sites excluding steroid dienone is 5. The molecule has 0 N–H and O–H groups in total. The highest BCUT2D eigenvalue weighted by Gasteiger charge is 2.12. The van der Waals surface area contributed by atoms with E-state index in [1.165, 1.54) is 0 Å². The molecule has 0 atom stereocenters. The highest BCUT2D eigenvalue weighted by atomic mass is 35.5. The Labute approximate surface area is 77.2 Å². The van der Waals surface area contributed by atoms with Gasteiger partial charge in [-0.05, 0) is 0 Å². The lowest BCUT2D eigenvalue weighted by Gasteiger charge is -2.18. The minimum absolute atomic E-state index is 0.132. The zero-order chi connectivity index (χ0) is 8.48. The van der Waals surface area contributed by atoms with Crippen LogP contribution in [0, 0.1) is 5.41 Å². The normalized spacial score (nSPS) is 20.5. The van der Waals surface area contributed by atoms with Crippen LogP contribution in [0.15, 0.2) is 34.4 Å². The highest BCUT2D eigenvalue weighted by Crippen LogP contribution is 2.28. The summed E-state index contributed by atoms with van der Waals surface area (Å²) in [6.45, 7) is 4.25. The number of hydrogen-bond acceptors (Lipinski definition) is 0. The minimum Gasteiger partial charge on any atom is -0.0744 e. The molecule has 1 aliphatic rings. The van der Waals surface area contributed by atoms with Gasteiger partial charge in [-0.1, -0.05) is 61.4 Å². The third kappa shape index (κ3) is 2.39. The molecule has 11 heavy (non-hydrogen) atoms. The van der Waals surface area contributed by atoms with Gasteiger partial charge in [-0.2, -0.15) is 0 Å². The predicted octanol–water partition coefficient (Wildman–Crippen LogP) is 3.83. The standard InChI is InChI=1S/C9H10Cl2/c1-9(2)5-3-7(4-6-9)8(10)11/h3-6H,1-2H3. The van der Waals surface area contributed by atoms with Crippen LogP contribution in [-0.4, -0.2) is 0 Å². The van der Waals surface area contributed by atoms with Gasteiger partial charge in [0.15, 0.2) is 0 Å². The van der Waals surface area contributed by atoms with Crippen LogP contribution in [0.25, 0.3) is 0 Å². The summed E-state index contributed by atoms with van der Waals surface area (Å²) >= 11 is 11.2. The zero-order valence-electron chi connectivity index (χ0n) is 6.57. The van der Waals surface area contributed by atoms with E-state index in [1.807, 2.05) is 12.2 Å². The molecule has 0 aromatic carbocycles.